The van der Waals surface area contributed by atoms with Gasteiger partial charge in [-0.25, -0.2) is 17.5 Å². The lowest BCUT2D eigenvalue weighted by Gasteiger charge is -2.10. The Labute approximate surface area is 174 Å². The molecule has 0 aliphatic carbocycles. The Kier molecular flexibility index (Phi) is 6.76. The average Bonchev–Trinajstić information content (AvgIpc) is 2.74. The number of halogens is 1. The zero-order valence-electron chi connectivity index (χ0n) is 16.1. The molecule has 3 rings (SSSR count). The van der Waals surface area contributed by atoms with Gasteiger partial charge in [-0.1, -0.05) is 13.0 Å². The van der Waals surface area contributed by atoms with E-state index in [2.05, 4.69) is 15.0 Å². The van der Waals surface area contributed by atoms with Crippen molar-refractivity contribution >= 4 is 15.9 Å². The highest BCUT2D eigenvalue weighted by Gasteiger charge is 2.14. The van der Waals surface area contributed by atoms with Gasteiger partial charge in [-0.2, -0.15) is 0 Å². The molecule has 0 aliphatic rings. The van der Waals surface area contributed by atoms with Crippen molar-refractivity contribution in [2.45, 2.75) is 18.4 Å². The minimum absolute atomic E-state index is 0.0514. The van der Waals surface area contributed by atoms with E-state index >= 15 is 0 Å². The van der Waals surface area contributed by atoms with Gasteiger partial charge in [-0.05, 0) is 54.1 Å². The van der Waals surface area contributed by atoms with Crippen molar-refractivity contribution in [3.05, 3.63) is 83.9 Å². The summed E-state index contributed by atoms with van der Waals surface area (Å²) in [7, 11) is -3.58. The van der Waals surface area contributed by atoms with Crippen LogP contribution < -0.4 is 14.8 Å². The lowest BCUT2D eigenvalue weighted by Crippen LogP contribution is -2.24. The van der Waals surface area contributed by atoms with Crippen molar-refractivity contribution in [3.8, 4) is 11.5 Å². The summed E-state index contributed by atoms with van der Waals surface area (Å²) < 4.78 is 46.0. The van der Waals surface area contributed by atoms with Crippen LogP contribution in [0.15, 0.2) is 71.9 Å². The SMILES string of the molecule is CCNS(=O)(=O)c1ccc(C(=O)NCc2ccc(Oc3cccnc3)c(F)c2)cc1. The number of carbonyl (C=O) groups excluding carboxylic acids is 1. The largest absolute Gasteiger partial charge is 0.453 e. The summed E-state index contributed by atoms with van der Waals surface area (Å²) in [4.78, 5) is 16.3. The molecule has 0 saturated heterocycles. The summed E-state index contributed by atoms with van der Waals surface area (Å²) in [6, 6.07) is 13.3. The number of amides is 1. The summed E-state index contributed by atoms with van der Waals surface area (Å²) in [6.45, 7) is 2.05. The van der Waals surface area contributed by atoms with Crippen LogP contribution in [0.5, 0.6) is 11.5 Å². The Bertz CT molecular complexity index is 1120. The van der Waals surface area contributed by atoms with Gasteiger partial charge >= 0.3 is 0 Å². The number of sulfonamides is 1. The van der Waals surface area contributed by atoms with Crippen LogP contribution >= 0.6 is 0 Å². The molecule has 3 aromatic rings. The normalized spacial score (nSPS) is 11.1. The molecular weight excluding hydrogens is 409 g/mol. The van der Waals surface area contributed by atoms with Gasteiger partial charge in [0.1, 0.15) is 5.75 Å². The van der Waals surface area contributed by atoms with Crippen LogP contribution in [0.4, 0.5) is 4.39 Å². The van der Waals surface area contributed by atoms with Crippen LogP contribution in [0.3, 0.4) is 0 Å². The van der Waals surface area contributed by atoms with Gasteiger partial charge in [-0.3, -0.25) is 9.78 Å². The third-order valence-corrected chi connectivity index (χ3v) is 5.63. The number of aromatic nitrogens is 1. The van der Waals surface area contributed by atoms with Gasteiger partial charge in [0.05, 0.1) is 11.1 Å². The van der Waals surface area contributed by atoms with Crippen LogP contribution in [0.25, 0.3) is 0 Å². The minimum atomic E-state index is -3.58. The maximum absolute atomic E-state index is 14.3. The maximum Gasteiger partial charge on any atom is 0.251 e. The first-order chi connectivity index (χ1) is 14.4. The molecule has 7 nitrogen and oxygen atoms in total. The minimum Gasteiger partial charge on any atom is -0.453 e. The zero-order valence-corrected chi connectivity index (χ0v) is 16.9. The molecule has 0 atom stereocenters. The lowest BCUT2D eigenvalue weighted by molar-refractivity contribution is 0.0950. The Hall–Kier alpha value is -3.30. The first-order valence-electron chi connectivity index (χ1n) is 9.13. The molecule has 0 bridgehead atoms. The highest BCUT2D eigenvalue weighted by molar-refractivity contribution is 7.89. The number of nitrogens with zero attached hydrogens (tertiary/aromatic N) is 1. The van der Waals surface area contributed by atoms with Crippen LogP contribution in [0.1, 0.15) is 22.8 Å². The molecule has 156 valence electrons. The highest BCUT2D eigenvalue weighted by Crippen LogP contribution is 2.24. The summed E-state index contributed by atoms with van der Waals surface area (Å²) in [6.07, 6.45) is 3.06. The van der Waals surface area contributed by atoms with E-state index in [0.717, 1.165) is 0 Å². The number of nitrogens with one attached hydrogen (secondary N) is 2. The van der Waals surface area contributed by atoms with Crippen molar-refractivity contribution in [2.75, 3.05) is 6.54 Å². The van der Waals surface area contributed by atoms with Gasteiger partial charge in [0, 0.05) is 24.8 Å². The summed E-state index contributed by atoms with van der Waals surface area (Å²) in [5.41, 5.74) is 0.841. The number of rotatable bonds is 8. The van der Waals surface area contributed by atoms with Crippen molar-refractivity contribution < 1.29 is 22.3 Å². The van der Waals surface area contributed by atoms with Crippen molar-refractivity contribution in [3.63, 3.8) is 0 Å². The first kappa shape index (κ1) is 21.4. The summed E-state index contributed by atoms with van der Waals surface area (Å²) in [5.74, 6) is -0.505. The third-order valence-electron chi connectivity index (χ3n) is 4.07. The van der Waals surface area contributed by atoms with Gasteiger partial charge in [-0.15, -0.1) is 0 Å². The van der Waals surface area contributed by atoms with Crippen molar-refractivity contribution in [1.82, 2.24) is 15.0 Å². The molecule has 2 aromatic carbocycles. The van der Waals surface area contributed by atoms with Gasteiger partial charge in [0.25, 0.3) is 5.91 Å². The first-order valence-corrected chi connectivity index (χ1v) is 10.6. The second-order valence-corrected chi connectivity index (χ2v) is 8.03. The molecule has 9 heteroatoms. The van der Waals surface area contributed by atoms with E-state index in [4.69, 9.17) is 4.74 Å². The molecule has 1 aromatic heterocycles. The summed E-state index contributed by atoms with van der Waals surface area (Å²) >= 11 is 0. The fourth-order valence-electron chi connectivity index (χ4n) is 2.61. The summed E-state index contributed by atoms with van der Waals surface area (Å²) in [5, 5.41) is 2.67. The number of pyridine rings is 1. The second kappa shape index (κ2) is 9.47. The smallest absolute Gasteiger partial charge is 0.251 e. The Morgan fingerprint density at radius 3 is 2.53 bits per heavy atom. The molecule has 0 aliphatic heterocycles. The predicted octanol–water partition coefficient (Wildman–Crippen LogP) is 3.24. The van der Waals surface area contributed by atoms with Gasteiger partial charge < -0.3 is 10.1 Å². The molecule has 1 amide bonds. The monoisotopic (exact) mass is 429 g/mol. The standard InChI is InChI=1S/C21H20FN3O4S/c1-2-25-30(27,28)18-8-6-16(7-9-18)21(26)24-13-15-5-10-20(19(22)12-15)29-17-4-3-11-23-14-17/h3-12,14,25H,2,13H2,1H3,(H,24,26). The fourth-order valence-corrected chi connectivity index (χ4v) is 3.66. The fraction of sp³-hybridized carbons (Fsp3) is 0.143. The van der Waals surface area contributed by atoms with E-state index in [1.165, 1.54) is 42.6 Å². The molecular formula is C21H20FN3O4S. The van der Waals surface area contributed by atoms with Crippen molar-refractivity contribution in [2.24, 2.45) is 0 Å². The van der Waals surface area contributed by atoms with E-state index in [1.807, 2.05) is 0 Å². The number of carbonyl (C=O) groups is 1. The Morgan fingerprint density at radius 1 is 1.13 bits per heavy atom. The lowest BCUT2D eigenvalue weighted by atomic mass is 10.2. The molecule has 2 N–H and O–H groups in total. The molecule has 0 radical (unpaired) electrons. The highest BCUT2D eigenvalue weighted by atomic mass is 32.2. The third kappa shape index (κ3) is 5.40. The van der Waals surface area contributed by atoms with E-state index in [-0.39, 0.29) is 23.7 Å². The molecule has 0 saturated carbocycles. The van der Waals surface area contributed by atoms with Crippen molar-refractivity contribution in [1.29, 1.82) is 0 Å². The zero-order chi connectivity index (χ0) is 21.6. The average molecular weight is 429 g/mol. The van der Waals surface area contributed by atoms with Crippen LogP contribution in [-0.2, 0) is 16.6 Å². The molecule has 0 fully saturated rings. The quantitative estimate of drug-likeness (QED) is 0.573. The van der Waals surface area contributed by atoms with E-state index in [9.17, 15) is 17.6 Å². The number of benzene rings is 2. The van der Waals surface area contributed by atoms with Gasteiger partial charge in [0.2, 0.25) is 10.0 Å². The van der Waals surface area contributed by atoms with Crippen LogP contribution in [0, 0.1) is 5.82 Å². The van der Waals surface area contributed by atoms with E-state index in [0.29, 0.717) is 16.9 Å². The topological polar surface area (TPSA) is 97.4 Å². The number of hydrogen-bond donors (Lipinski definition) is 2. The van der Waals surface area contributed by atoms with Gasteiger partial charge in [0.15, 0.2) is 11.6 Å². The molecule has 1 heterocycles. The predicted molar refractivity (Wildman–Crippen MR) is 109 cm³/mol. The van der Waals surface area contributed by atoms with E-state index in [1.54, 1.807) is 31.3 Å². The molecule has 30 heavy (non-hydrogen) atoms. The molecule has 0 spiro atoms. The second-order valence-electron chi connectivity index (χ2n) is 6.26. The maximum atomic E-state index is 14.3. The van der Waals surface area contributed by atoms with Crippen LogP contribution in [0.2, 0.25) is 0 Å². The molecule has 0 unspecified atom stereocenters. The van der Waals surface area contributed by atoms with Crippen LogP contribution in [-0.4, -0.2) is 25.9 Å². The number of ether oxygens (including phenoxy) is 1. The van der Waals surface area contributed by atoms with E-state index < -0.39 is 21.7 Å². The number of hydrogen-bond acceptors (Lipinski definition) is 5. The Morgan fingerprint density at radius 2 is 1.90 bits per heavy atom. The Balaban J connectivity index is 1.61.